The van der Waals surface area contributed by atoms with E-state index in [0.717, 1.165) is 39.0 Å². The fourth-order valence-electron chi connectivity index (χ4n) is 2.91. The van der Waals surface area contributed by atoms with Crippen LogP contribution in [-0.2, 0) is 11.3 Å². The van der Waals surface area contributed by atoms with Gasteiger partial charge in [0.25, 0.3) is 0 Å². The van der Waals surface area contributed by atoms with Gasteiger partial charge in [0.2, 0.25) is 5.91 Å². The molecule has 1 amide bonds. The number of piperazine rings is 1. The number of nitrogens with zero attached hydrogens (tertiary/aromatic N) is 2. The summed E-state index contributed by atoms with van der Waals surface area (Å²) in [5, 5.41) is 0. The highest BCUT2D eigenvalue weighted by Crippen LogP contribution is 2.23. The van der Waals surface area contributed by atoms with E-state index in [4.69, 9.17) is 0 Å². The van der Waals surface area contributed by atoms with Gasteiger partial charge in [-0.1, -0.05) is 30.3 Å². The van der Waals surface area contributed by atoms with Crippen molar-refractivity contribution in [3.8, 4) is 0 Å². The maximum Gasteiger partial charge on any atom is 0.222 e. The fourth-order valence-corrected chi connectivity index (χ4v) is 2.91. The molecule has 1 atom stereocenters. The molecule has 0 bridgehead atoms. The lowest BCUT2D eigenvalue weighted by Gasteiger charge is -2.37. The summed E-state index contributed by atoms with van der Waals surface area (Å²) >= 11 is 0. The molecule has 90 valence electrons. The molecule has 1 aromatic carbocycles. The second-order valence-electron chi connectivity index (χ2n) is 5.00. The Kier molecular flexibility index (Phi) is 2.85. The van der Waals surface area contributed by atoms with Crippen LogP contribution in [0.5, 0.6) is 0 Å². The van der Waals surface area contributed by atoms with Crippen molar-refractivity contribution < 1.29 is 4.79 Å². The third kappa shape index (κ3) is 2.20. The molecular formula is C14H18N2O. The molecule has 0 spiro atoms. The average Bonchev–Trinajstić information content (AvgIpc) is 2.72. The van der Waals surface area contributed by atoms with E-state index in [1.54, 1.807) is 0 Å². The zero-order chi connectivity index (χ0) is 11.7. The van der Waals surface area contributed by atoms with E-state index < -0.39 is 0 Å². The van der Waals surface area contributed by atoms with E-state index in [9.17, 15) is 4.79 Å². The monoisotopic (exact) mass is 230 g/mol. The lowest BCUT2D eigenvalue weighted by molar-refractivity contribution is -0.130. The zero-order valence-corrected chi connectivity index (χ0v) is 10.0. The van der Waals surface area contributed by atoms with Crippen molar-refractivity contribution in [2.75, 3.05) is 19.6 Å². The van der Waals surface area contributed by atoms with Gasteiger partial charge >= 0.3 is 0 Å². The Balaban J connectivity index is 1.62. The lowest BCUT2D eigenvalue weighted by Crippen LogP contribution is -2.50. The first kappa shape index (κ1) is 10.8. The van der Waals surface area contributed by atoms with Crippen LogP contribution in [0.4, 0.5) is 0 Å². The molecule has 2 heterocycles. The second kappa shape index (κ2) is 4.49. The summed E-state index contributed by atoms with van der Waals surface area (Å²) in [6.07, 6.45) is 1.80. The van der Waals surface area contributed by atoms with Gasteiger partial charge in [-0.15, -0.1) is 0 Å². The number of hydrogen-bond acceptors (Lipinski definition) is 2. The van der Waals surface area contributed by atoms with Crippen LogP contribution in [0.2, 0.25) is 0 Å². The third-order valence-electron chi connectivity index (χ3n) is 3.83. The number of carbonyl (C=O) groups excluding carboxylic acids is 1. The maximum atomic E-state index is 11.6. The molecule has 2 saturated heterocycles. The fraction of sp³-hybridized carbons (Fsp3) is 0.500. The molecule has 3 heteroatoms. The predicted octanol–water partition coefficient (Wildman–Crippen LogP) is 1.49. The van der Waals surface area contributed by atoms with Gasteiger partial charge < -0.3 is 4.90 Å². The van der Waals surface area contributed by atoms with Crippen molar-refractivity contribution in [1.29, 1.82) is 0 Å². The molecule has 3 rings (SSSR count). The Hall–Kier alpha value is -1.35. The number of fused-ring (bicyclic) bond motifs is 1. The third-order valence-corrected chi connectivity index (χ3v) is 3.83. The van der Waals surface area contributed by atoms with Crippen molar-refractivity contribution in [2.24, 2.45) is 0 Å². The van der Waals surface area contributed by atoms with Crippen LogP contribution in [0, 0.1) is 0 Å². The Labute approximate surface area is 102 Å². The van der Waals surface area contributed by atoms with E-state index in [0.29, 0.717) is 11.9 Å². The van der Waals surface area contributed by atoms with Crippen molar-refractivity contribution in [3.63, 3.8) is 0 Å². The smallest absolute Gasteiger partial charge is 0.222 e. The summed E-state index contributed by atoms with van der Waals surface area (Å²) in [6, 6.07) is 11.0. The Morgan fingerprint density at radius 1 is 1.18 bits per heavy atom. The van der Waals surface area contributed by atoms with Gasteiger partial charge in [0.1, 0.15) is 0 Å². The summed E-state index contributed by atoms with van der Waals surface area (Å²) in [7, 11) is 0. The van der Waals surface area contributed by atoms with Crippen LogP contribution in [-0.4, -0.2) is 41.4 Å². The minimum absolute atomic E-state index is 0.356. The van der Waals surface area contributed by atoms with Gasteiger partial charge in [-0.05, 0) is 12.0 Å². The van der Waals surface area contributed by atoms with Crippen LogP contribution in [0.1, 0.15) is 18.4 Å². The number of hydrogen-bond donors (Lipinski definition) is 0. The SMILES string of the molecule is O=C1CCC2CN(Cc3ccccc3)CCN12. The Morgan fingerprint density at radius 3 is 2.82 bits per heavy atom. The molecule has 0 radical (unpaired) electrons. The molecule has 0 aromatic heterocycles. The van der Waals surface area contributed by atoms with Crippen LogP contribution >= 0.6 is 0 Å². The summed E-state index contributed by atoms with van der Waals surface area (Å²) in [5.41, 5.74) is 1.37. The molecule has 0 saturated carbocycles. The molecule has 2 fully saturated rings. The van der Waals surface area contributed by atoms with Crippen molar-refractivity contribution >= 4 is 5.91 Å². The minimum Gasteiger partial charge on any atom is -0.337 e. The molecule has 2 aliphatic heterocycles. The van der Waals surface area contributed by atoms with Gasteiger partial charge in [-0.3, -0.25) is 9.69 Å². The van der Waals surface area contributed by atoms with E-state index in [1.165, 1.54) is 5.56 Å². The van der Waals surface area contributed by atoms with Crippen LogP contribution in [0.25, 0.3) is 0 Å². The zero-order valence-electron chi connectivity index (χ0n) is 10.0. The van der Waals surface area contributed by atoms with Crippen LogP contribution in [0.15, 0.2) is 30.3 Å². The number of amides is 1. The molecule has 17 heavy (non-hydrogen) atoms. The number of rotatable bonds is 2. The Bertz CT molecular complexity index is 404. The maximum absolute atomic E-state index is 11.6. The number of carbonyl (C=O) groups is 1. The van der Waals surface area contributed by atoms with Gasteiger partial charge in [0.05, 0.1) is 0 Å². The van der Waals surface area contributed by atoms with Gasteiger partial charge in [0, 0.05) is 38.6 Å². The summed E-state index contributed by atoms with van der Waals surface area (Å²) < 4.78 is 0. The lowest BCUT2D eigenvalue weighted by atomic mass is 10.1. The average molecular weight is 230 g/mol. The van der Waals surface area contributed by atoms with Gasteiger partial charge in [-0.2, -0.15) is 0 Å². The van der Waals surface area contributed by atoms with E-state index in [-0.39, 0.29) is 0 Å². The van der Waals surface area contributed by atoms with Crippen molar-refractivity contribution in [1.82, 2.24) is 9.80 Å². The quantitative estimate of drug-likeness (QED) is 0.768. The molecule has 1 aromatic rings. The number of benzene rings is 1. The topological polar surface area (TPSA) is 23.6 Å². The second-order valence-corrected chi connectivity index (χ2v) is 5.00. The van der Waals surface area contributed by atoms with Crippen molar-refractivity contribution in [2.45, 2.75) is 25.4 Å². The normalized spacial score (nSPS) is 25.1. The van der Waals surface area contributed by atoms with E-state index in [1.807, 2.05) is 0 Å². The molecule has 1 unspecified atom stereocenters. The largest absolute Gasteiger partial charge is 0.337 e. The standard InChI is InChI=1S/C14H18N2O/c17-14-7-6-13-11-15(8-9-16(13)14)10-12-4-2-1-3-5-12/h1-5,13H,6-11H2. The Morgan fingerprint density at radius 2 is 2.00 bits per heavy atom. The molecular weight excluding hydrogens is 212 g/mol. The van der Waals surface area contributed by atoms with Gasteiger partial charge in [0.15, 0.2) is 0 Å². The van der Waals surface area contributed by atoms with Gasteiger partial charge in [-0.25, -0.2) is 0 Å². The van der Waals surface area contributed by atoms with Crippen molar-refractivity contribution in [3.05, 3.63) is 35.9 Å². The molecule has 0 N–H and O–H groups in total. The minimum atomic E-state index is 0.356. The predicted molar refractivity (Wildman–Crippen MR) is 66.5 cm³/mol. The highest BCUT2D eigenvalue weighted by atomic mass is 16.2. The molecule has 2 aliphatic rings. The molecule has 0 aliphatic carbocycles. The van der Waals surface area contributed by atoms with E-state index >= 15 is 0 Å². The first-order valence-electron chi connectivity index (χ1n) is 6.39. The highest BCUT2D eigenvalue weighted by Gasteiger charge is 2.35. The van der Waals surface area contributed by atoms with Crippen LogP contribution < -0.4 is 0 Å². The van der Waals surface area contributed by atoms with E-state index in [2.05, 4.69) is 40.1 Å². The summed E-state index contributed by atoms with van der Waals surface area (Å²) in [5.74, 6) is 0.356. The first-order chi connectivity index (χ1) is 8.33. The summed E-state index contributed by atoms with van der Waals surface area (Å²) in [4.78, 5) is 16.1. The van der Waals surface area contributed by atoms with Crippen LogP contribution in [0.3, 0.4) is 0 Å². The summed E-state index contributed by atoms with van der Waals surface area (Å²) in [6.45, 7) is 3.98. The first-order valence-corrected chi connectivity index (χ1v) is 6.39. The molecule has 3 nitrogen and oxygen atoms in total. The highest BCUT2D eigenvalue weighted by molar-refractivity contribution is 5.78.